The van der Waals surface area contributed by atoms with E-state index in [1.807, 2.05) is 12.1 Å². The Balaban J connectivity index is 2.42. The second-order valence-corrected chi connectivity index (χ2v) is 4.62. The van der Waals surface area contributed by atoms with Crippen molar-refractivity contribution in [1.82, 2.24) is 10.2 Å². The molecule has 2 rings (SSSR count). The van der Waals surface area contributed by atoms with E-state index in [4.69, 9.17) is 11.8 Å². The average Bonchev–Trinajstić information content (AvgIpc) is 2.88. The molecule has 0 radical (unpaired) electrons. The molecule has 0 spiro atoms. The monoisotopic (exact) mass is 264 g/mol. The number of nitrogens with zero attached hydrogens (tertiary/aromatic N) is 3. The molecular weight excluding hydrogens is 248 g/mol. The number of nitrogens with one attached hydrogen (secondary N) is 1. The van der Waals surface area contributed by atoms with Crippen LogP contribution in [0.5, 0.6) is 0 Å². The lowest BCUT2D eigenvalue weighted by molar-refractivity contribution is 0.936. The third-order valence-corrected chi connectivity index (χ3v) is 3.34. The number of hydrogen-bond acceptors (Lipinski definition) is 2. The lowest BCUT2D eigenvalue weighted by Crippen LogP contribution is -1.96. The van der Waals surface area contributed by atoms with E-state index in [2.05, 4.69) is 35.0 Å². The minimum Gasteiger partial charge on any atom is -0.282 e. The van der Waals surface area contributed by atoms with Crippen molar-refractivity contribution in [3.8, 4) is 6.07 Å². The van der Waals surface area contributed by atoms with Gasteiger partial charge in [-0.1, -0.05) is 25.5 Å². The molecule has 4 nitrogen and oxygen atoms in total. The van der Waals surface area contributed by atoms with E-state index in [1.54, 1.807) is 6.07 Å². The molecule has 0 saturated heterocycles. The van der Waals surface area contributed by atoms with Crippen LogP contribution < -0.4 is 0 Å². The van der Waals surface area contributed by atoms with Crippen LogP contribution in [0.3, 0.4) is 0 Å². The third-order valence-electron chi connectivity index (χ3n) is 3.34. The summed E-state index contributed by atoms with van der Waals surface area (Å²) in [6, 6.07) is 7.43. The molecule has 100 valence electrons. The number of aromatic amines is 1. The minimum atomic E-state index is 0.513. The summed E-state index contributed by atoms with van der Waals surface area (Å²) >= 11 is 0. The van der Waals surface area contributed by atoms with Crippen LogP contribution in [0, 0.1) is 17.9 Å². The Morgan fingerprint density at radius 3 is 2.70 bits per heavy atom. The van der Waals surface area contributed by atoms with Gasteiger partial charge in [0.2, 0.25) is 0 Å². The van der Waals surface area contributed by atoms with Crippen molar-refractivity contribution >= 4 is 5.69 Å². The number of nitriles is 1. The zero-order valence-corrected chi connectivity index (χ0v) is 11.7. The molecule has 0 aliphatic rings. The van der Waals surface area contributed by atoms with Gasteiger partial charge in [0.25, 0.3) is 0 Å². The van der Waals surface area contributed by atoms with Crippen molar-refractivity contribution in [2.24, 2.45) is 0 Å². The van der Waals surface area contributed by atoms with Crippen molar-refractivity contribution in [3.05, 3.63) is 57.7 Å². The molecule has 0 saturated carbocycles. The molecule has 2 aromatic rings. The fourth-order valence-corrected chi connectivity index (χ4v) is 2.35. The molecule has 1 aromatic carbocycles. The Morgan fingerprint density at radius 1 is 1.30 bits per heavy atom. The summed E-state index contributed by atoms with van der Waals surface area (Å²) < 4.78 is 0. The van der Waals surface area contributed by atoms with Crippen LogP contribution in [0.25, 0.3) is 4.85 Å². The highest BCUT2D eigenvalue weighted by atomic mass is 15.1. The first-order chi connectivity index (χ1) is 9.71. The second-order valence-electron chi connectivity index (χ2n) is 4.62. The molecule has 20 heavy (non-hydrogen) atoms. The number of rotatable bonds is 4. The lowest BCUT2D eigenvalue weighted by Gasteiger charge is -2.06. The summed E-state index contributed by atoms with van der Waals surface area (Å²) in [6.07, 6.45) is 2.48. The first-order valence-electron chi connectivity index (χ1n) is 6.68. The van der Waals surface area contributed by atoms with E-state index in [-0.39, 0.29) is 0 Å². The van der Waals surface area contributed by atoms with Gasteiger partial charge < -0.3 is 0 Å². The van der Waals surface area contributed by atoms with E-state index >= 15 is 0 Å². The van der Waals surface area contributed by atoms with Crippen LogP contribution in [0.2, 0.25) is 0 Å². The standard InChI is InChI=1S/C16H16N4/c1-4-15-14(16(5-2)20-19-15)9-11-6-12(10-17)8-13(7-11)18-3/h6-8H,4-5,9H2,1-2H3,(H,19,20). The average molecular weight is 264 g/mol. The largest absolute Gasteiger partial charge is 0.282 e. The molecule has 0 bridgehead atoms. The Labute approximate surface area is 118 Å². The highest BCUT2D eigenvalue weighted by molar-refractivity contribution is 5.53. The summed E-state index contributed by atoms with van der Waals surface area (Å²) in [7, 11) is 0. The first kappa shape index (κ1) is 13.8. The molecule has 0 atom stereocenters. The molecule has 0 fully saturated rings. The second kappa shape index (κ2) is 6.04. The van der Waals surface area contributed by atoms with Crippen molar-refractivity contribution in [2.45, 2.75) is 33.1 Å². The number of benzene rings is 1. The normalized spacial score (nSPS) is 10.0. The first-order valence-corrected chi connectivity index (χ1v) is 6.68. The third kappa shape index (κ3) is 2.70. The predicted molar refractivity (Wildman–Crippen MR) is 77.6 cm³/mol. The molecule has 1 heterocycles. The fourth-order valence-electron chi connectivity index (χ4n) is 2.35. The van der Waals surface area contributed by atoms with Gasteiger partial charge in [-0.2, -0.15) is 10.4 Å². The van der Waals surface area contributed by atoms with Crippen LogP contribution in [0.4, 0.5) is 5.69 Å². The van der Waals surface area contributed by atoms with E-state index < -0.39 is 0 Å². The lowest BCUT2D eigenvalue weighted by atomic mass is 9.99. The molecule has 0 amide bonds. The Morgan fingerprint density at radius 2 is 2.10 bits per heavy atom. The Bertz CT molecular complexity index is 644. The summed E-state index contributed by atoms with van der Waals surface area (Å²) in [5.41, 5.74) is 5.43. The van der Waals surface area contributed by atoms with E-state index in [0.29, 0.717) is 17.7 Å². The summed E-state index contributed by atoms with van der Waals surface area (Å²) in [5.74, 6) is 0. The predicted octanol–water partition coefficient (Wildman–Crippen LogP) is 3.55. The highest BCUT2D eigenvalue weighted by Crippen LogP contribution is 2.23. The summed E-state index contributed by atoms with van der Waals surface area (Å²) in [6.45, 7) is 11.3. The van der Waals surface area contributed by atoms with Crippen molar-refractivity contribution in [1.29, 1.82) is 5.26 Å². The quantitative estimate of drug-likeness (QED) is 0.858. The number of aromatic nitrogens is 2. The zero-order valence-electron chi connectivity index (χ0n) is 11.7. The van der Waals surface area contributed by atoms with Gasteiger partial charge in [-0.25, -0.2) is 4.85 Å². The molecular formula is C16H16N4. The number of hydrogen-bond donors (Lipinski definition) is 1. The highest BCUT2D eigenvalue weighted by Gasteiger charge is 2.12. The van der Waals surface area contributed by atoms with Crippen LogP contribution >= 0.6 is 0 Å². The van der Waals surface area contributed by atoms with Gasteiger partial charge in [0, 0.05) is 16.8 Å². The fraction of sp³-hybridized carbons (Fsp3) is 0.312. The number of H-pyrrole nitrogens is 1. The zero-order chi connectivity index (χ0) is 14.5. The number of aryl methyl sites for hydroxylation is 2. The van der Waals surface area contributed by atoms with E-state index in [1.165, 1.54) is 5.56 Å². The van der Waals surface area contributed by atoms with Crippen LogP contribution in [-0.2, 0) is 19.3 Å². The Hall–Kier alpha value is -2.59. The van der Waals surface area contributed by atoms with Gasteiger partial charge in [0.1, 0.15) is 0 Å². The summed E-state index contributed by atoms with van der Waals surface area (Å²) in [5, 5.41) is 16.5. The van der Waals surface area contributed by atoms with Crippen LogP contribution in [0.15, 0.2) is 18.2 Å². The maximum atomic E-state index is 9.04. The SMILES string of the molecule is [C-]#[N+]c1cc(C#N)cc(Cc2c(CC)n[nH]c2CC)c1. The van der Waals surface area contributed by atoms with Crippen molar-refractivity contribution in [2.75, 3.05) is 0 Å². The Kier molecular flexibility index (Phi) is 4.17. The van der Waals surface area contributed by atoms with Crippen molar-refractivity contribution < 1.29 is 0 Å². The minimum absolute atomic E-state index is 0.513. The van der Waals surface area contributed by atoms with Gasteiger partial charge in [-0.15, -0.1) is 0 Å². The molecule has 0 aliphatic heterocycles. The van der Waals surface area contributed by atoms with Gasteiger partial charge in [0.15, 0.2) is 5.69 Å². The van der Waals surface area contributed by atoms with E-state index in [9.17, 15) is 0 Å². The maximum absolute atomic E-state index is 9.04. The van der Waals surface area contributed by atoms with E-state index in [0.717, 1.165) is 29.8 Å². The molecule has 0 unspecified atom stereocenters. The topological polar surface area (TPSA) is 56.8 Å². The molecule has 1 aromatic heterocycles. The van der Waals surface area contributed by atoms with Gasteiger partial charge in [-0.05, 0) is 31.4 Å². The molecule has 1 N–H and O–H groups in total. The smallest absolute Gasteiger partial charge is 0.188 e. The summed E-state index contributed by atoms with van der Waals surface area (Å²) in [4.78, 5) is 3.43. The van der Waals surface area contributed by atoms with Gasteiger partial charge >= 0.3 is 0 Å². The van der Waals surface area contributed by atoms with Crippen molar-refractivity contribution in [3.63, 3.8) is 0 Å². The van der Waals surface area contributed by atoms with Crippen LogP contribution in [0.1, 0.15) is 41.9 Å². The van der Waals surface area contributed by atoms with Gasteiger partial charge in [0.05, 0.1) is 18.3 Å². The maximum Gasteiger partial charge on any atom is 0.188 e. The van der Waals surface area contributed by atoms with Crippen LogP contribution in [-0.4, -0.2) is 10.2 Å². The molecule has 0 aliphatic carbocycles. The van der Waals surface area contributed by atoms with Gasteiger partial charge in [-0.3, -0.25) is 5.10 Å². The molecule has 4 heteroatoms.